The predicted molar refractivity (Wildman–Crippen MR) is 103 cm³/mol. The number of benzene rings is 1. The van der Waals surface area contributed by atoms with Crippen LogP contribution in [0.3, 0.4) is 0 Å². The molecule has 10 nitrogen and oxygen atoms in total. The van der Waals surface area contributed by atoms with Crippen LogP contribution in [0.5, 0.6) is 0 Å². The van der Waals surface area contributed by atoms with Gasteiger partial charge < -0.3 is 19.7 Å². The van der Waals surface area contributed by atoms with Crippen molar-refractivity contribution in [3.8, 4) is 0 Å². The monoisotopic (exact) mass is 400 g/mol. The zero-order chi connectivity index (χ0) is 20.8. The van der Waals surface area contributed by atoms with Gasteiger partial charge in [0.25, 0.3) is 11.6 Å². The largest absolute Gasteiger partial charge is 0.465 e. The number of nitro groups is 1. The number of pyridine rings is 1. The molecule has 1 aliphatic rings. The molecule has 0 unspecified atom stereocenters. The lowest BCUT2D eigenvalue weighted by Crippen LogP contribution is -2.36. The number of rotatable bonds is 6. The first-order valence-corrected chi connectivity index (χ1v) is 8.91. The molecule has 1 aromatic heterocycles. The second-order valence-electron chi connectivity index (χ2n) is 6.32. The fraction of sp³-hybridized carbons (Fsp3) is 0.316. The summed E-state index contributed by atoms with van der Waals surface area (Å²) in [6.45, 7) is 2.96. The van der Waals surface area contributed by atoms with Gasteiger partial charge in [-0.05, 0) is 23.8 Å². The summed E-state index contributed by atoms with van der Waals surface area (Å²) in [4.78, 5) is 41.1. The summed E-state index contributed by atoms with van der Waals surface area (Å²) in [6.07, 6.45) is 1.66. The topological polar surface area (TPSA) is 124 Å². The molecule has 0 radical (unpaired) electrons. The van der Waals surface area contributed by atoms with E-state index in [0.29, 0.717) is 13.2 Å². The molecule has 152 valence electrons. The number of esters is 1. The van der Waals surface area contributed by atoms with Crippen molar-refractivity contribution >= 4 is 23.4 Å². The first-order chi connectivity index (χ1) is 14.0. The molecule has 1 saturated heterocycles. The molecule has 1 N–H and O–H groups in total. The number of nitrogens with one attached hydrogen (secondary N) is 1. The molecule has 1 aliphatic heterocycles. The van der Waals surface area contributed by atoms with E-state index in [4.69, 9.17) is 4.74 Å². The number of hydrogen-bond donors (Lipinski definition) is 1. The Balaban J connectivity index is 1.73. The highest BCUT2D eigenvalue weighted by Gasteiger charge is 2.18. The molecule has 29 heavy (non-hydrogen) atoms. The number of ether oxygens (including phenoxy) is 2. The van der Waals surface area contributed by atoms with Crippen molar-refractivity contribution in [3.63, 3.8) is 0 Å². The van der Waals surface area contributed by atoms with E-state index in [1.807, 2.05) is 6.07 Å². The van der Waals surface area contributed by atoms with Crippen molar-refractivity contribution in [2.24, 2.45) is 0 Å². The number of methoxy groups -OCH3 is 1. The molecule has 0 atom stereocenters. The van der Waals surface area contributed by atoms with Gasteiger partial charge in [0.15, 0.2) is 0 Å². The molecular weight excluding hydrogens is 380 g/mol. The molecule has 1 aromatic carbocycles. The Kier molecular flexibility index (Phi) is 6.35. The van der Waals surface area contributed by atoms with Crippen molar-refractivity contribution in [1.82, 2.24) is 10.3 Å². The van der Waals surface area contributed by atoms with Gasteiger partial charge in [0, 0.05) is 43.5 Å². The highest BCUT2D eigenvalue weighted by atomic mass is 16.6. The summed E-state index contributed by atoms with van der Waals surface area (Å²) < 4.78 is 9.93. The molecular formula is C19H20N4O6. The standard InChI is InChI=1S/C19H20N4O6/c1-28-19(25)15-9-14(10-16(11-15)23(26)27)18(24)21-12-13-2-3-20-17(8-13)22-4-6-29-7-5-22/h2-3,8-11H,4-7,12H2,1H3,(H,21,24). The van der Waals surface area contributed by atoms with E-state index in [-0.39, 0.29) is 23.4 Å². The van der Waals surface area contributed by atoms with Crippen LogP contribution in [0.2, 0.25) is 0 Å². The summed E-state index contributed by atoms with van der Waals surface area (Å²) in [5.41, 5.74) is 0.400. The summed E-state index contributed by atoms with van der Waals surface area (Å²) in [7, 11) is 1.16. The highest BCUT2D eigenvalue weighted by Crippen LogP contribution is 2.19. The van der Waals surface area contributed by atoms with Crippen molar-refractivity contribution in [3.05, 3.63) is 63.3 Å². The zero-order valence-electron chi connectivity index (χ0n) is 15.8. The number of nitrogens with zero attached hydrogens (tertiary/aromatic N) is 3. The lowest BCUT2D eigenvalue weighted by atomic mass is 10.1. The van der Waals surface area contributed by atoms with Gasteiger partial charge in [-0.2, -0.15) is 0 Å². The molecule has 2 heterocycles. The number of carbonyl (C=O) groups is 2. The molecule has 0 aliphatic carbocycles. The Bertz CT molecular complexity index is 927. The van der Waals surface area contributed by atoms with Crippen LogP contribution in [0.25, 0.3) is 0 Å². The Hall–Kier alpha value is -3.53. The average molecular weight is 400 g/mol. The molecule has 1 amide bonds. The van der Waals surface area contributed by atoms with E-state index < -0.39 is 16.8 Å². The van der Waals surface area contributed by atoms with Crippen molar-refractivity contribution < 1.29 is 24.0 Å². The van der Waals surface area contributed by atoms with Gasteiger partial charge in [0.2, 0.25) is 0 Å². The van der Waals surface area contributed by atoms with Crippen LogP contribution >= 0.6 is 0 Å². The van der Waals surface area contributed by atoms with Crippen LogP contribution in [-0.4, -0.2) is 55.2 Å². The maximum Gasteiger partial charge on any atom is 0.338 e. The van der Waals surface area contributed by atoms with E-state index in [2.05, 4.69) is 19.9 Å². The third kappa shape index (κ3) is 5.05. The van der Waals surface area contributed by atoms with Gasteiger partial charge in [-0.25, -0.2) is 9.78 Å². The normalized spacial score (nSPS) is 13.6. The van der Waals surface area contributed by atoms with Crippen molar-refractivity contribution in [2.75, 3.05) is 38.3 Å². The predicted octanol–water partition coefficient (Wildman–Crippen LogP) is 1.54. The first-order valence-electron chi connectivity index (χ1n) is 8.91. The van der Waals surface area contributed by atoms with Crippen LogP contribution in [0.4, 0.5) is 11.5 Å². The van der Waals surface area contributed by atoms with Crippen LogP contribution in [0.15, 0.2) is 36.5 Å². The molecule has 10 heteroatoms. The number of hydrogen-bond acceptors (Lipinski definition) is 8. The van der Waals surface area contributed by atoms with E-state index >= 15 is 0 Å². The Labute approximate surface area is 166 Å². The van der Waals surface area contributed by atoms with Crippen LogP contribution in [0.1, 0.15) is 26.3 Å². The minimum Gasteiger partial charge on any atom is -0.465 e. The summed E-state index contributed by atoms with van der Waals surface area (Å²) in [6, 6.07) is 7.10. The lowest BCUT2D eigenvalue weighted by molar-refractivity contribution is -0.384. The Morgan fingerprint density at radius 1 is 1.24 bits per heavy atom. The lowest BCUT2D eigenvalue weighted by Gasteiger charge is -2.28. The number of non-ortho nitro benzene ring substituents is 1. The number of morpholine rings is 1. The number of anilines is 1. The van der Waals surface area contributed by atoms with E-state index in [0.717, 1.165) is 43.7 Å². The van der Waals surface area contributed by atoms with Crippen LogP contribution in [0, 0.1) is 10.1 Å². The minimum absolute atomic E-state index is 0.00191. The smallest absolute Gasteiger partial charge is 0.338 e. The number of aromatic nitrogens is 1. The summed E-state index contributed by atoms with van der Waals surface area (Å²) in [5, 5.41) is 13.8. The summed E-state index contributed by atoms with van der Waals surface area (Å²) in [5.74, 6) is -0.501. The number of nitro benzene ring substituents is 1. The summed E-state index contributed by atoms with van der Waals surface area (Å²) >= 11 is 0. The van der Waals surface area contributed by atoms with Gasteiger partial charge in [0.1, 0.15) is 5.82 Å². The third-order valence-electron chi connectivity index (χ3n) is 4.41. The SMILES string of the molecule is COC(=O)c1cc(C(=O)NCc2ccnc(N3CCOCC3)c2)cc([N+](=O)[O-])c1. The molecule has 3 rings (SSSR count). The van der Waals surface area contributed by atoms with E-state index in [1.54, 1.807) is 12.3 Å². The van der Waals surface area contributed by atoms with Crippen LogP contribution in [-0.2, 0) is 16.0 Å². The number of amides is 1. The molecule has 0 bridgehead atoms. The molecule has 0 spiro atoms. The number of carbonyl (C=O) groups excluding carboxylic acids is 2. The van der Waals surface area contributed by atoms with Gasteiger partial charge in [-0.3, -0.25) is 14.9 Å². The second kappa shape index (κ2) is 9.11. The fourth-order valence-corrected chi connectivity index (χ4v) is 2.90. The average Bonchev–Trinajstić information content (AvgIpc) is 2.77. The quantitative estimate of drug-likeness (QED) is 0.440. The highest BCUT2D eigenvalue weighted by molar-refractivity contribution is 5.98. The fourth-order valence-electron chi connectivity index (χ4n) is 2.90. The van der Waals surface area contributed by atoms with Gasteiger partial charge in [-0.1, -0.05) is 0 Å². The minimum atomic E-state index is -0.757. The molecule has 2 aromatic rings. The maximum absolute atomic E-state index is 12.5. The molecule has 1 fully saturated rings. The van der Waals surface area contributed by atoms with Gasteiger partial charge in [0.05, 0.1) is 30.8 Å². The third-order valence-corrected chi connectivity index (χ3v) is 4.41. The van der Waals surface area contributed by atoms with E-state index in [1.165, 1.54) is 6.07 Å². The second-order valence-corrected chi connectivity index (χ2v) is 6.32. The maximum atomic E-state index is 12.5. The Morgan fingerprint density at radius 3 is 2.66 bits per heavy atom. The Morgan fingerprint density at radius 2 is 1.97 bits per heavy atom. The van der Waals surface area contributed by atoms with E-state index in [9.17, 15) is 19.7 Å². The van der Waals surface area contributed by atoms with Crippen LogP contribution < -0.4 is 10.2 Å². The van der Waals surface area contributed by atoms with Gasteiger partial charge in [-0.15, -0.1) is 0 Å². The zero-order valence-corrected chi connectivity index (χ0v) is 15.8. The van der Waals surface area contributed by atoms with Gasteiger partial charge >= 0.3 is 5.97 Å². The first kappa shape index (κ1) is 20.2. The molecule has 0 saturated carbocycles. The van der Waals surface area contributed by atoms with Crippen molar-refractivity contribution in [1.29, 1.82) is 0 Å². The van der Waals surface area contributed by atoms with Crippen molar-refractivity contribution in [2.45, 2.75) is 6.54 Å².